The zero-order valence-corrected chi connectivity index (χ0v) is 12.2. The molecule has 0 radical (unpaired) electrons. The number of carbonyl (C=O) groups excluding carboxylic acids is 1. The number of nitrogens with zero attached hydrogens (tertiary/aromatic N) is 2. The average molecular weight is 277 g/mol. The fourth-order valence-electron chi connectivity index (χ4n) is 2.45. The maximum Gasteiger partial charge on any atom is 0.255 e. The molecule has 19 heavy (non-hydrogen) atoms. The molecular weight excluding hydrogens is 258 g/mol. The Kier molecular flexibility index (Phi) is 4.14. The second-order valence-electron chi connectivity index (χ2n) is 5.05. The summed E-state index contributed by atoms with van der Waals surface area (Å²) in [5.41, 5.74) is 8.08. The van der Waals surface area contributed by atoms with Crippen molar-refractivity contribution >= 4 is 23.1 Å². The molecule has 5 heteroatoms. The van der Waals surface area contributed by atoms with E-state index in [2.05, 4.69) is 4.98 Å². The predicted octanol–water partition coefficient (Wildman–Crippen LogP) is 1.84. The fourth-order valence-corrected chi connectivity index (χ4v) is 2.69. The van der Waals surface area contributed by atoms with Crippen molar-refractivity contribution in [1.29, 1.82) is 0 Å². The second kappa shape index (κ2) is 5.65. The van der Waals surface area contributed by atoms with Gasteiger partial charge in [-0.15, -0.1) is 0 Å². The molecule has 2 N–H and O–H groups in total. The maximum absolute atomic E-state index is 12.4. The van der Waals surface area contributed by atoms with Crippen LogP contribution in [0.15, 0.2) is 12.1 Å². The summed E-state index contributed by atoms with van der Waals surface area (Å²) in [5.74, 6) is 0.336. The molecule has 0 atom stereocenters. The normalized spacial score (nSPS) is 16.4. The zero-order chi connectivity index (χ0) is 14.0. The first kappa shape index (κ1) is 13.9. The third-order valence-corrected chi connectivity index (χ3v) is 3.97. The van der Waals surface area contributed by atoms with E-state index in [1.807, 2.05) is 30.9 Å². The smallest absolute Gasteiger partial charge is 0.255 e. The van der Waals surface area contributed by atoms with E-state index >= 15 is 0 Å². The lowest BCUT2D eigenvalue weighted by atomic mass is 9.96. The van der Waals surface area contributed by atoms with Crippen LogP contribution < -0.4 is 5.73 Å². The van der Waals surface area contributed by atoms with Gasteiger partial charge in [-0.2, -0.15) is 0 Å². The summed E-state index contributed by atoms with van der Waals surface area (Å²) in [7, 11) is 0. The topological polar surface area (TPSA) is 59.2 Å². The SMILES string of the molecule is Cc1ccc(C(=O)N2CCC(C(N)=S)CC2)c(C)n1. The third-order valence-electron chi connectivity index (χ3n) is 3.64. The van der Waals surface area contributed by atoms with Crippen molar-refractivity contribution in [3.8, 4) is 0 Å². The highest BCUT2D eigenvalue weighted by Gasteiger charge is 2.25. The Hall–Kier alpha value is -1.49. The molecular formula is C14H19N3OS. The number of aryl methyl sites for hydroxylation is 2. The van der Waals surface area contributed by atoms with E-state index < -0.39 is 0 Å². The van der Waals surface area contributed by atoms with Crippen LogP contribution in [0.1, 0.15) is 34.6 Å². The Morgan fingerprint density at radius 2 is 2.00 bits per heavy atom. The van der Waals surface area contributed by atoms with Crippen molar-refractivity contribution in [2.45, 2.75) is 26.7 Å². The Balaban J connectivity index is 2.07. The summed E-state index contributed by atoms with van der Waals surface area (Å²) in [4.78, 5) is 19.2. The molecule has 1 aliphatic rings. The molecule has 102 valence electrons. The van der Waals surface area contributed by atoms with Gasteiger partial charge in [0.2, 0.25) is 0 Å². The van der Waals surface area contributed by atoms with Crippen LogP contribution in [0.2, 0.25) is 0 Å². The van der Waals surface area contributed by atoms with Gasteiger partial charge in [-0.25, -0.2) is 0 Å². The molecule has 2 heterocycles. The minimum absolute atomic E-state index is 0.0615. The van der Waals surface area contributed by atoms with Crippen molar-refractivity contribution in [3.05, 3.63) is 29.1 Å². The number of thiocarbonyl (C=S) groups is 1. The van der Waals surface area contributed by atoms with Gasteiger partial charge in [-0.3, -0.25) is 9.78 Å². The van der Waals surface area contributed by atoms with Gasteiger partial charge >= 0.3 is 0 Å². The summed E-state index contributed by atoms with van der Waals surface area (Å²) >= 11 is 5.01. The third kappa shape index (κ3) is 3.10. The molecule has 0 bridgehead atoms. The standard InChI is InChI=1S/C14H19N3OS/c1-9-3-4-12(10(2)16-9)14(18)17-7-5-11(6-8-17)13(15)19/h3-4,11H,5-8H2,1-2H3,(H2,15,19). The minimum atomic E-state index is 0.0615. The van der Waals surface area contributed by atoms with Crippen LogP contribution in [-0.2, 0) is 0 Å². The summed E-state index contributed by atoms with van der Waals surface area (Å²) in [5, 5.41) is 0. The predicted molar refractivity (Wildman–Crippen MR) is 79.1 cm³/mol. The van der Waals surface area contributed by atoms with Crippen LogP contribution in [0.3, 0.4) is 0 Å². The molecule has 0 aromatic carbocycles. The van der Waals surface area contributed by atoms with Crippen molar-refractivity contribution in [1.82, 2.24) is 9.88 Å². The van der Waals surface area contributed by atoms with E-state index in [1.165, 1.54) is 0 Å². The summed E-state index contributed by atoms with van der Waals surface area (Å²) < 4.78 is 0. The highest BCUT2D eigenvalue weighted by Crippen LogP contribution is 2.20. The first-order valence-corrected chi connectivity index (χ1v) is 6.92. The van der Waals surface area contributed by atoms with Gasteiger partial charge < -0.3 is 10.6 Å². The van der Waals surface area contributed by atoms with Crippen LogP contribution in [-0.4, -0.2) is 33.9 Å². The van der Waals surface area contributed by atoms with E-state index in [1.54, 1.807) is 0 Å². The number of amides is 1. The van der Waals surface area contributed by atoms with Crippen LogP contribution in [0.4, 0.5) is 0 Å². The Morgan fingerprint density at radius 3 is 2.53 bits per heavy atom. The molecule has 0 unspecified atom stereocenters. The molecule has 4 nitrogen and oxygen atoms in total. The molecule has 1 fully saturated rings. The van der Waals surface area contributed by atoms with Crippen LogP contribution >= 0.6 is 12.2 Å². The molecule has 1 aliphatic heterocycles. The number of piperidine rings is 1. The molecule has 1 aromatic heterocycles. The van der Waals surface area contributed by atoms with Gasteiger partial charge in [0.1, 0.15) is 0 Å². The van der Waals surface area contributed by atoms with Crippen molar-refractivity contribution in [2.24, 2.45) is 11.7 Å². The molecule has 1 amide bonds. The largest absolute Gasteiger partial charge is 0.393 e. The number of likely N-dealkylation sites (tertiary alicyclic amines) is 1. The molecule has 1 saturated heterocycles. The summed E-state index contributed by atoms with van der Waals surface area (Å²) in [6.45, 7) is 5.24. The van der Waals surface area contributed by atoms with Gasteiger partial charge in [0.25, 0.3) is 5.91 Å². The van der Waals surface area contributed by atoms with E-state index in [0.717, 1.165) is 24.2 Å². The zero-order valence-electron chi connectivity index (χ0n) is 11.3. The highest BCUT2D eigenvalue weighted by atomic mass is 32.1. The molecule has 0 spiro atoms. The fraction of sp³-hybridized carbons (Fsp3) is 0.500. The average Bonchev–Trinajstić information content (AvgIpc) is 2.38. The van der Waals surface area contributed by atoms with Crippen LogP contribution in [0.25, 0.3) is 0 Å². The van der Waals surface area contributed by atoms with Gasteiger partial charge in [-0.1, -0.05) is 12.2 Å². The summed E-state index contributed by atoms with van der Waals surface area (Å²) in [6.07, 6.45) is 1.72. The first-order valence-electron chi connectivity index (χ1n) is 6.52. The van der Waals surface area contributed by atoms with E-state index in [-0.39, 0.29) is 11.8 Å². The lowest BCUT2D eigenvalue weighted by Gasteiger charge is -2.31. The molecule has 0 saturated carbocycles. The van der Waals surface area contributed by atoms with Crippen molar-refractivity contribution in [3.63, 3.8) is 0 Å². The number of rotatable bonds is 2. The van der Waals surface area contributed by atoms with Crippen LogP contribution in [0, 0.1) is 19.8 Å². The number of hydrogen-bond donors (Lipinski definition) is 1. The highest BCUT2D eigenvalue weighted by molar-refractivity contribution is 7.80. The first-order chi connectivity index (χ1) is 8.99. The number of carbonyl (C=O) groups is 1. The van der Waals surface area contributed by atoms with Crippen LogP contribution in [0.5, 0.6) is 0 Å². The van der Waals surface area contributed by atoms with E-state index in [4.69, 9.17) is 18.0 Å². The Morgan fingerprint density at radius 1 is 1.37 bits per heavy atom. The Bertz CT molecular complexity index is 507. The number of aromatic nitrogens is 1. The maximum atomic E-state index is 12.4. The second-order valence-corrected chi connectivity index (χ2v) is 5.53. The van der Waals surface area contributed by atoms with Gasteiger partial charge in [0, 0.05) is 24.7 Å². The quantitative estimate of drug-likeness (QED) is 0.838. The van der Waals surface area contributed by atoms with Gasteiger partial charge in [0.15, 0.2) is 0 Å². The lowest BCUT2D eigenvalue weighted by Crippen LogP contribution is -2.41. The molecule has 0 aliphatic carbocycles. The van der Waals surface area contributed by atoms with E-state index in [0.29, 0.717) is 23.6 Å². The monoisotopic (exact) mass is 277 g/mol. The number of pyridine rings is 1. The van der Waals surface area contributed by atoms with Gasteiger partial charge in [-0.05, 0) is 38.8 Å². The Labute approximate surface area is 119 Å². The van der Waals surface area contributed by atoms with Crippen molar-refractivity contribution in [2.75, 3.05) is 13.1 Å². The lowest BCUT2D eigenvalue weighted by molar-refractivity contribution is 0.0709. The number of hydrogen-bond acceptors (Lipinski definition) is 3. The van der Waals surface area contributed by atoms with Crippen molar-refractivity contribution < 1.29 is 4.79 Å². The number of nitrogens with two attached hydrogens (primary N) is 1. The summed E-state index contributed by atoms with van der Waals surface area (Å²) in [6, 6.07) is 3.74. The minimum Gasteiger partial charge on any atom is -0.393 e. The van der Waals surface area contributed by atoms with E-state index in [9.17, 15) is 4.79 Å². The molecule has 2 rings (SSSR count). The van der Waals surface area contributed by atoms with Gasteiger partial charge in [0.05, 0.1) is 16.2 Å². The molecule has 1 aromatic rings.